The lowest BCUT2D eigenvalue weighted by Gasteiger charge is -2.75. The molecule has 4 nitrogen and oxygen atoms in total. The van der Waals surface area contributed by atoms with Gasteiger partial charge in [0.2, 0.25) is 0 Å². The highest BCUT2D eigenvalue weighted by molar-refractivity contribution is 5.66. The molecule has 4 heteroatoms. The Morgan fingerprint density at radius 1 is 0.684 bits per heavy atom. The molecule has 216 valence electrons. The highest BCUT2D eigenvalue weighted by Gasteiger charge is 2.71. The van der Waals surface area contributed by atoms with E-state index < -0.39 is 0 Å². The molecule has 38 heavy (non-hydrogen) atoms. The molecule has 0 aromatic rings. The van der Waals surface area contributed by atoms with Crippen LogP contribution in [0, 0.1) is 56.2 Å². The third-order valence-corrected chi connectivity index (χ3v) is 14.5. The molecule has 5 aliphatic carbocycles. The zero-order valence-electron chi connectivity index (χ0n) is 26.0. The standard InChI is InChI=1S/C34H56O4/c1-22-25(38-24(3)36)10-11-26-30(22,6)13-12-27-31(26,7)15-16-33(9)28-20-29(4,5)14-18-34(28,21-37-23(2)35)19-17-32(27,33)8/h22,25-28H,10-21H2,1-9H3/t22-,25+,26+,27-,28-,30+,31-,32+,33-,34+/m0/s1. The Kier molecular flexibility index (Phi) is 6.72. The minimum Gasteiger partial charge on any atom is -0.465 e. The van der Waals surface area contributed by atoms with Gasteiger partial charge in [0.15, 0.2) is 0 Å². The molecule has 5 fully saturated rings. The molecule has 0 aliphatic heterocycles. The summed E-state index contributed by atoms with van der Waals surface area (Å²) < 4.78 is 11.7. The van der Waals surface area contributed by atoms with Crippen molar-refractivity contribution < 1.29 is 19.1 Å². The topological polar surface area (TPSA) is 52.6 Å². The largest absolute Gasteiger partial charge is 0.465 e. The van der Waals surface area contributed by atoms with Crippen LogP contribution >= 0.6 is 0 Å². The highest BCUT2D eigenvalue weighted by Crippen LogP contribution is 2.78. The molecule has 0 N–H and O–H groups in total. The minimum atomic E-state index is -0.125. The number of hydrogen-bond donors (Lipinski definition) is 0. The van der Waals surface area contributed by atoms with Crippen LogP contribution in [-0.2, 0) is 19.1 Å². The average molecular weight is 529 g/mol. The van der Waals surface area contributed by atoms with Crippen molar-refractivity contribution in [1.29, 1.82) is 0 Å². The van der Waals surface area contributed by atoms with Crippen molar-refractivity contribution in [2.75, 3.05) is 6.61 Å². The number of fused-ring (bicyclic) bond motifs is 7. The van der Waals surface area contributed by atoms with E-state index in [1.54, 1.807) is 13.8 Å². The summed E-state index contributed by atoms with van der Waals surface area (Å²) in [4.78, 5) is 23.8. The summed E-state index contributed by atoms with van der Waals surface area (Å²) in [6.07, 6.45) is 13.5. The second-order valence-electron chi connectivity index (χ2n) is 16.6. The van der Waals surface area contributed by atoms with Crippen molar-refractivity contribution in [1.82, 2.24) is 0 Å². The van der Waals surface area contributed by atoms with Crippen LogP contribution in [0.2, 0.25) is 0 Å². The first-order valence-electron chi connectivity index (χ1n) is 15.8. The molecule has 0 aromatic heterocycles. The fraction of sp³-hybridized carbons (Fsp3) is 0.941. The SMILES string of the molecule is CC(=O)OC[C@]12CCC(C)(C)C[C@H]1[C@]1(C)CC[C@@]3(C)[C@@H]4CC[C@@H](OC(C)=O)[C@H](C)[C@@]4(C)CC[C@@H]3[C@@]1(C)CC2. The quantitative estimate of drug-likeness (QED) is 0.345. The highest BCUT2D eigenvalue weighted by atomic mass is 16.5. The summed E-state index contributed by atoms with van der Waals surface area (Å²) in [6, 6.07) is 0. The molecule has 5 saturated carbocycles. The Morgan fingerprint density at radius 2 is 1.32 bits per heavy atom. The summed E-state index contributed by atoms with van der Waals surface area (Å²) in [7, 11) is 0. The van der Waals surface area contributed by atoms with Crippen molar-refractivity contribution in [2.45, 2.75) is 139 Å². The van der Waals surface area contributed by atoms with E-state index in [9.17, 15) is 9.59 Å². The predicted octanol–water partition coefficient (Wildman–Crippen LogP) is 8.36. The predicted molar refractivity (Wildman–Crippen MR) is 151 cm³/mol. The molecular weight excluding hydrogens is 472 g/mol. The number of ether oxygens (including phenoxy) is 2. The maximum absolute atomic E-state index is 12.0. The van der Waals surface area contributed by atoms with Crippen LogP contribution in [0.25, 0.3) is 0 Å². The minimum absolute atomic E-state index is 0.0689. The number of hydrogen-bond acceptors (Lipinski definition) is 4. The summed E-state index contributed by atoms with van der Waals surface area (Å²) in [5.41, 5.74) is 1.62. The summed E-state index contributed by atoms with van der Waals surface area (Å²) in [5, 5.41) is 0. The Morgan fingerprint density at radius 3 is 1.97 bits per heavy atom. The van der Waals surface area contributed by atoms with Gasteiger partial charge in [-0.25, -0.2) is 0 Å². The van der Waals surface area contributed by atoms with E-state index in [-0.39, 0.29) is 34.3 Å². The molecule has 10 atom stereocenters. The van der Waals surface area contributed by atoms with Crippen molar-refractivity contribution >= 4 is 11.9 Å². The van der Waals surface area contributed by atoms with E-state index in [1.807, 2.05) is 0 Å². The summed E-state index contributed by atoms with van der Waals surface area (Å²) in [6.45, 7) is 21.6. The molecule has 0 saturated heterocycles. The van der Waals surface area contributed by atoms with E-state index in [2.05, 4.69) is 48.5 Å². The van der Waals surface area contributed by atoms with Crippen molar-refractivity contribution in [3.8, 4) is 0 Å². The summed E-state index contributed by atoms with van der Waals surface area (Å²) >= 11 is 0. The van der Waals surface area contributed by atoms with Gasteiger partial charge in [0, 0.05) is 19.3 Å². The van der Waals surface area contributed by atoms with Gasteiger partial charge >= 0.3 is 11.9 Å². The smallest absolute Gasteiger partial charge is 0.302 e. The lowest BCUT2D eigenvalue weighted by Crippen LogP contribution is -2.68. The van der Waals surface area contributed by atoms with Gasteiger partial charge in [-0.05, 0) is 121 Å². The van der Waals surface area contributed by atoms with E-state index in [1.165, 1.54) is 64.2 Å². The fourth-order valence-electron chi connectivity index (χ4n) is 12.0. The van der Waals surface area contributed by atoms with Gasteiger partial charge < -0.3 is 9.47 Å². The van der Waals surface area contributed by atoms with Crippen LogP contribution in [-0.4, -0.2) is 24.6 Å². The molecule has 5 rings (SSSR count). The molecule has 0 aromatic carbocycles. The van der Waals surface area contributed by atoms with Crippen LogP contribution in [0.15, 0.2) is 0 Å². The molecule has 0 amide bonds. The van der Waals surface area contributed by atoms with Crippen LogP contribution in [0.3, 0.4) is 0 Å². The first-order chi connectivity index (χ1) is 17.5. The summed E-state index contributed by atoms with van der Waals surface area (Å²) in [5.74, 6) is 2.18. The zero-order chi connectivity index (χ0) is 27.9. The van der Waals surface area contributed by atoms with Gasteiger partial charge in [0.05, 0.1) is 6.61 Å². The lowest BCUT2D eigenvalue weighted by atomic mass is 9.30. The maximum atomic E-state index is 12.0. The van der Waals surface area contributed by atoms with Gasteiger partial charge in [-0.2, -0.15) is 0 Å². The van der Waals surface area contributed by atoms with Gasteiger partial charge in [0.1, 0.15) is 6.10 Å². The number of rotatable bonds is 3. The van der Waals surface area contributed by atoms with Crippen LogP contribution in [0.4, 0.5) is 0 Å². The molecule has 0 bridgehead atoms. The van der Waals surface area contributed by atoms with Crippen LogP contribution in [0.1, 0.15) is 133 Å². The maximum Gasteiger partial charge on any atom is 0.302 e. The molecule has 0 spiro atoms. The molecule has 0 unspecified atom stereocenters. The van der Waals surface area contributed by atoms with Gasteiger partial charge in [-0.1, -0.05) is 48.5 Å². The number of esters is 2. The first-order valence-corrected chi connectivity index (χ1v) is 15.8. The molecule has 0 heterocycles. The number of carbonyl (C=O) groups excluding carboxylic acids is 2. The third kappa shape index (κ3) is 3.95. The molecule has 5 aliphatic rings. The van der Waals surface area contributed by atoms with E-state index in [0.717, 1.165) is 12.3 Å². The first kappa shape index (κ1) is 28.5. The Hall–Kier alpha value is -1.06. The van der Waals surface area contributed by atoms with E-state index in [0.29, 0.717) is 40.6 Å². The Balaban J connectivity index is 1.49. The third-order valence-electron chi connectivity index (χ3n) is 14.5. The van der Waals surface area contributed by atoms with E-state index >= 15 is 0 Å². The average Bonchev–Trinajstić information content (AvgIpc) is 2.82. The van der Waals surface area contributed by atoms with Crippen LogP contribution in [0.5, 0.6) is 0 Å². The lowest BCUT2D eigenvalue weighted by molar-refractivity contribution is -0.270. The van der Waals surface area contributed by atoms with Crippen molar-refractivity contribution in [3.63, 3.8) is 0 Å². The normalized spacial score (nSPS) is 51.4. The van der Waals surface area contributed by atoms with E-state index in [4.69, 9.17) is 9.47 Å². The second kappa shape index (κ2) is 8.97. The molecule has 0 radical (unpaired) electrons. The Bertz CT molecular complexity index is 972. The van der Waals surface area contributed by atoms with Crippen LogP contribution < -0.4 is 0 Å². The fourth-order valence-corrected chi connectivity index (χ4v) is 12.0. The van der Waals surface area contributed by atoms with Gasteiger partial charge in [-0.3, -0.25) is 9.59 Å². The zero-order valence-corrected chi connectivity index (χ0v) is 26.0. The van der Waals surface area contributed by atoms with Gasteiger partial charge in [-0.15, -0.1) is 0 Å². The van der Waals surface area contributed by atoms with Crippen molar-refractivity contribution in [3.05, 3.63) is 0 Å². The second-order valence-corrected chi connectivity index (χ2v) is 16.6. The monoisotopic (exact) mass is 528 g/mol. The Labute approximate surface area is 232 Å². The van der Waals surface area contributed by atoms with Gasteiger partial charge in [0.25, 0.3) is 0 Å². The number of carbonyl (C=O) groups is 2. The van der Waals surface area contributed by atoms with Crippen molar-refractivity contribution in [2.24, 2.45) is 56.2 Å². The molecular formula is C34H56O4.